The number of thiophene rings is 1. The molecule has 0 aliphatic rings. The van der Waals surface area contributed by atoms with Crippen molar-refractivity contribution in [3.8, 4) is 17.3 Å². The van der Waals surface area contributed by atoms with Gasteiger partial charge in [-0.25, -0.2) is 9.97 Å². The lowest BCUT2D eigenvalue weighted by Gasteiger charge is -2.13. The molecule has 3 aromatic heterocycles. The van der Waals surface area contributed by atoms with Crippen LogP contribution in [0.1, 0.15) is 12.5 Å². The second kappa shape index (κ2) is 7.27. The standard InChI is InChI=1S/C20H21N6OPS/c1-11(8-21)24-20-25-15-6-7-29-19(15)17(26-20)14-10-23-16-13(14)5-4-12(9-22)18(16)28(2,3)27/h4-7,10-11,23H,8,21H2,1-3H3,(H,24,25,26)/t11-/m0/s1. The first-order valence-electron chi connectivity index (χ1n) is 9.15. The Hall–Kier alpha value is -2.72. The fourth-order valence-electron chi connectivity index (χ4n) is 3.42. The summed E-state index contributed by atoms with van der Waals surface area (Å²) in [6.07, 6.45) is 1.86. The molecule has 148 valence electrons. The van der Waals surface area contributed by atoms with E-state index >= 15 is 0 Å². The van der Waals surface area contributed by atoms with Crippen LogP contribution in [-0.4, -0.2) is 40.9 Å². The second-order valence-electron chi connectivity index (χ2n) is 7.36. The van der Waals surface area contributed by atoms with Gasteiger partial charge in [-0.1, -0.05) is 6.07 Å². The van der Waals surface area contributed by atoms with Gasteiger partial charge in [-0.3, -0.25) is 0 Å². The van der Waals surface area contributed by atoms with E-state index in [1.54, 1.807) is 30.7 Å². The molecule has 4 aromatic rings. The summed E-state index contributed by atoms with van der Waals surface area (Å²) in [5.41, 5.74) is 9.42. The van der Waals surface area contributed by atoms with Crippen LogP contribution in [0.15, 0.2) is 29.8 Å². The van der Waals surface area contributed by atoms with Crippen molar-refractivity contribution in [2.75, 3.05) is 25.2 Å². The number of hydrogen-bond acceptors (Lipinski definition) is 7. The van der Waals surface area contributed by atoms with Crippen molar-refractivity contribution in [2.24, 2.45) is 5.73 Å². The third kappa shape index (κ3) is 3.42. The van der Waals surface area contributed by atoms with Crippen LogP contribution in [0, 0.1) is 11.3 Å². The van der Waals surface area contributed by atoms with Crippen molar-refractivity contribution in [1.29, 1.82) is 5.26 Å². The predicted molar refractivity (Wildman–Crippen MR) is 121 cm³/mol. The highest BCUT2D eigenvalue weighted by atomic mass is 32.1. The average Bonchev–Trinajstić information content (AvgIpc) is 3.32. The molecule has 4 rings (SSSR count). The van der Waals surface area contributed by atoms with E-state index in [0.717, 1.165) is 32.4 Å². The fraction of sp³-hybridized carbons (Fsp3) is 0.250. The van der Waals surface area contributed by atoms with E-state index in [0.29, 0.717) is 23.4 Å². The summed E-state index contributed by atoms with van der Waals surface area (Å²) in [6.45, 7) is 5.81. The molecule has 0 amide bonds. The summed E-state index contributed by atoms with van der Waals surface area (Å²) in [5, 5.41) is 16.2. The highest BCUT2D eigenvalue weighted by molar-refractivity contribution is 7.70. The molecule has 0 unspecified atom stereocenters. The van der Waals surface area contributed by atoms with Crippen molar-refractivity contribution >= 4 is 50.9 Å². The van der Waals surface area contributed by atoms with E-state index in [1.165, 1.54) is 0 Å². The number of aromatic nitrogens is 3. The van der Waals surface area contributed by atoms with Crippen LogP contribution >= 0.6 is 18.5 Å². The van der Waals surface area contributed by atoms with Gasteiger partial charge in [0.15, 0.2) is 0 Å². The quantitative estimate of drug-likeness (QED) is 0.420. The summed E-state index contributed by atoms with van der Waals surface area (Å²) < 4.78 is 13.9. The minimum atomic E-state index is -2.67. The zero-order chi connectivity index (χ0) is 20.8. The maximum Gasteiger partial charge on any atom is 0.224 e. The topological polar surface area (TPSA) is 120 Å². The third-order valence-electron chi connectivity index (χ3n) is 4.78. The van der Waals surface area contributed by atoms with Gasteiger partial charge in [0, 0.05) is 29.7 Å². The Labute approximate surface area is 172 Å². The van der Waals surface area contributed by atoms with Crippen LogP contribution in [0.4, 0.5) is 5.95 Å². The summed E-state index contributed by atoms with van der Waals surface area (Å²) in [5.74, 6) is 0.517. The number of anilines is 1. The number of H-pyrrole nitrogens is 1. The number of hydrogen-bond donors (Lipinski definition) is 3. The molecule has 29 heavy (non-hydrogen) atoms. The minimum absolute atomic E-state index is 0.0396. The number of nitrogens with two attached hydrogens (primary N) is 1. The number of aromatic amines is 1. The molecule has 0 bridgehead atoms. The van der Waals surface area contributed by atoms with Crippen LogP contribution in [-0.2, 0) is 4.57 Å². The first kappa shape index (κ1) is 19.6. The molecule has 0 aliphatic heterocycles. The van der Waals surface area contributed by atoms with Crippen molar-refractivity contribution in [1.82, 2.24) is 15.0 Å². The third-order valence-corrected chi connectivity index (χ3v) is 7.23. The first-order chi connectivity index (χ1) is 13.8. The van der Waals surface area contributed by atoms with E-state index in [1.807, 2.05) is 30.6 Å². The summed E-state index contributed by atoms with van der Waals surface area (Å²) in [7, 11) is -2.67. The zero-order valence-corrected chi connectivity index (χ0v) is 18.1. The van der Waals surface area contributed by atoms with Crippen LogP contribution in [0.2, 0.25) is 0 Å². The molecule has 9 heteroatoms. The van der Waals surface area contributed by atoms with Gasteiger partial charge in [-0.05, 0) is 37.8 Å². The first-order valence-corrected chi connectivity index (χ1v) is 12.6. The highest BCUT2D eigenvalue weighted by Crippen LogP contribution is 2.42. The summed E-state index contributed by atoms with van der Waals surface area (Å²) in [4.78, 5) is 12.6. The summed E-state index contributed by atoms with van der Waals surface area (Å²) in [6, 6.07) is 7.79. The van der Waals surface area contributed by atoms with Crippen molar-refractivity contribution in [3.05, 3.63) is 35.3 Å². The van der Waals surface area contributed by atoms with E-state index in [-0.39, 0.29) is 6.04 Å². The Morgan fingerprint density at radius 1 is 1.34 bits per heavy atom. The van der Waals surface area contributed by atoms with Gasteiger partial charge in [-0.2, -0.15) is 5.26 Å². The Morgan fingerprint density at radius 3 is 2.83 bits per heavy atom. The van der Waals surface area contributed by atoms with E-state index in [4.69, 9.17) is 10.7 Å². The molecule has 0 fully saturated rings. The monoisotopic (exact) mass is 424 g/mol. The molecule has 0 radical (unpaired) electrons. The van der Waals surface area contributed by atoms with Gasteiger partial charge in [0.1, 0.15) is 7.14 Å². The van der Waals surface area contributed by atoms with Crippen LogP contribution in [0.25, 0.3) is 32.4 Å². The molecule has 1 aromatic carbocycles. The molecule has 7 nitrogen and oxygen atoms in total. The Balaban J connectivity index is 1.99. The number of fused-ring (bicyclic) bond motifs is 2. The number of benzene rings is 1. The Bertz CT molecular complexity index is 1310. The smallest absolute Gasteiger partial charge is 0.224 e. The fourth-order valence-corrected chi connectivity index (χ4v) is 5.68. The molecular weight excluding hydrogens is 403 g/mol. The zero-order valence-electron chi connectivity index (χ0n) is 16.4. The lowest BCUT2D eigenvalue weighted by molar-refractivity contribution is 0.588. The van der Waals surface area contributed by atoms with E-state index in [2.05, 4.69) is 21.4 Å². The Morgan fingerprint density at radius 2 is 2.14 bits per heavy atom. The molecule has 0 spiro atoms. The lowest BCUT2D eigenvalue weighted by atomic mass is 10.1. The maximum atomic E-state index is 12.9. The number of nitrogens with zero attached hydrogens (tertiary/aromatic N) is 3. The van der Waals surface area contributed by atoms with Crippen LogP contribution in [0.3, 0.4) is 0 Å². The lowest BCUT2D eigenvalue weighted by Crippen LogP contribution is -2.26. The normalized spacial score (nSPS) is 12.9. The number of nitrogens with one attached hydrogen (secondary N) is 2. The van der Waals surface area contributed by atoms with Gasteiger partial charge in [-0.15, -0.1) is 11.3 Å². The van der Waals surface area contributed by atoms with Crippen LogP contribution < -0.4 is 16.4 Å². The van der Waals surface area contributed by atoms with E-state index in [9.17, 15) is 9.83 Å². The Kier molecular flexibility index (Phi) is 4.91. The van der Waals surface area contributed by atoms with Gasteiger partial charge < -0.3 is 20.6 Å². The van der Waals surface area contributed by atoms with Crippen LogP contribution in [0.5, 0.6) is 0 Å². The molecule has 4 N–H and O–H groups in total. The molecule has 0 saturated carbocycles. The molecule has 0 saturated heterocycles. The SMILES string of the molecule is C[C@@H](CN)Nc1nc(-c2c[nH]c3c(P(C)(C)=O)c(C#N)ccc23)c2sccc2n1. The van der Waals surface area contributed by atoms with Gasteiger partial charge in [0.25, 0.3) is 0 Å². The van der Waals surface area contributed by atoms with Crippen molar-refractivity contribution < 1.29 is 4.57 Å². The second-order valence-corrected chi connectivity index (χ2v) is 11.4. The predicted octanol–water partition coefficient (Wildman–Crippen LogP) is 3.72. The summed E-state index contributed by atoms with van der Waals surface area (Å²) >= 11 is 1.57. The van der Waals surface area contributed by atoms with E-state index < -0.39 is 7.14 Å². The van der Waals surface area contributed by atoms with Gasteiger partial charge in [0.05, 0.1) is 38.4 Å². The maximum absolute atomic E-state index is 12.9. The largest absolute Gasteiger partial charge is 0.360 e. The molecule has 0 aliphatic carbocycles. The van der Waals surface area contributed by atoms with Crippen molar-refractivity contribution in [3.63, 3.8) is 0 Å². The van der Waals surface area contributed by atoms with Crippen molar-refractivity contribution in [2.45, 2.75) is 13.0 Å². The molecule has 3 heterocycles. The van der Waals surface area contributed by atoms with Gasteiger partial charge >= 0.3 is 0 Å². The highest BCUT2D eigenvalue weighted by Gasteiger charge is 2.23. The number of nitriles is 1. The average molecular weight is 424 g/mol. The molecule has 1 atom stereocenters. The molecular formula is C20H21N6OPS. The van der Waals surface area contributed by atoms with Gasteiger partial charge in [0.2, 0.25) is 5.95 Å². The number of rotatable bonds is 5. The minimum Gasteiger partial charge on any atom is -0.360 e.